The van der Waals surface area contributed by atoms with Crippen molar-refractivity contribution >= 4 is 11.9 Å². The smallest absolute Gasteiger partial charge is 0.306 e. The van der Waals surface area contributed by atoms with Gasteiger partial charge in [-0.3, -0.25) is 9.59 Å². The van der Waals surface area contributed by atoms with Crippen molar-refractivity contribution in [3.05, 3.63) is 48.6 Å². The molecule has 5 unspecified atom stereocenters. The zero-order valence-electron chi connectivity index (χ0n) is 34.5. The Morgan fingerprint density at radius 2 is 1.12 bits per heavy atom. The van der Waals surface area contributed by atoms with E-state index in [4.69, 9.17) is 28.4 Å². The third kappa shape index (κ3) is 20.6. The molecule has 2 saturated heterocycles. The van der Waals surface area contributed by atoms with E-state index in [9.17, 15) is 45.3 Å². The second-order valence-electron chi connectivity index (χ2n) is 14.8. The number of allylic oxidation sites excluding steroid dienone is 8. The van der Waals surface area contributed by atoms with Gasteiger partial charge in [0.05, 0.1) is 19.8 Å². The molecule has 2 aliphatic rings. The number of aliphatic hydroxyl groups is 7. The van der Waals surface area contributed by atoms with Crippen LogP contribution in [-0.4, -0.2) is 142 Å². The molecule has 0 amide bonds. The molecule has 0 bridgehead atoms. The summed E-state index contributed by atoms with van der Waals surface area (Å²) in [5, 5.41) is 71.6. The van der Waals surface area contributed by atoms with Crippen molar-refractivity contribution < 1.29 is 73.8 Å². The molecular formula is C43H72O15. The molecule has 7 N–H and O–H groups in total. The van der Waals surface area contributed by atoms with Gasteiger partial charge in [-0.05, 0) is 57.8 Å². The van der Waals surface area contributed by atoms with Gasteiger partial charge in [-0.1, -0.05) is 94.6 Å². The minimum absolute atomic E-state index is 0.0506. The summed E-state index contributed by atoms with van der Waals surface area (Å²) in [6, 6.07) is 0. The number of hydrogen-bond acceptors (Lipinski definition) is 15. The van der Waals surface area contributed by atoms with E-state index in [1.54, 1.807) is 0 Å². The zero-order valence-corrected chi connectivity index (χ0v) is 34.5. The monoisotopic (exact) mass is 828 g/mol. The SMILES string of the molecule is CC/C=C/C/C=C/CCCCC(=O)OCC(CO[C@@H]1O[C@H](CO[C@@H]2O[C@H](CO)[C@H](O)C(O)C2O)[C@H](O)C(O)C1O)OC(=O)CC/C=C/C/C=C/CCCCCCCC. The van der Waals surface area contributed by atoms with Crippen LogP contribution in [0.2, 0.25) is 0 Å². The van der Waals surface area contributed by atoms with Crippen LogP contribution >= 0.6 is 0 Å². The fraction of sp³-hybridized carbons (Fsp3) is 0.767. The van der Waals surface area contributed by atoms with Gasteiger partial charge in [0, 0.05) is 12.8 Å². The summed E-state index contributed by atoms with van der Waals surface area (Å²) < 4.78 is 33.2. The highest BCUT2D eigenvalue weighted by molar-refractivity contribution is 5.70. The zero-order chi connectivity index (χ0) is 42.5. The van der Waals surface area contributed by atoms with Crippen LogP contribution in [0.5, 0.6) is 0 Å². The third-order valence-corrected chi connectivity index (χ3v) is 9.80. The predicted molar refractivity (Wildman–Crippen MR) is 215 cm³/mol. The number of carbonyl (C=O) groups excluding carboxylic acids is 2. The fourth-order valence-electron chi connectivity index (χ4n) is 6.25. The van der Waals surface area contributed by atoms with Gasteiger partial charge in [0.2, 0.25) is 0 Å². The van der Waals surface area contributed by atoms with Gasteiger partial charge in [0.1, 0.15) is 55.4 Å². The topological polar surface area (TPSA) is 231 Å². The van der Waals surface area contributed by atoms with Crippen molar-refractivity contribution in [3.63, 3.8) is 0 Å². The Hall–Kier alpha value is -2.54. The van der Waals surface area contributed by atoms with Crippen molar-refractivity contribution in [2.45, 2.75) is 184 Å². The lowest BCUT2D eigenvalue weighted by atomic mass is 9.98. The average molecular weight is 829 g/mol. The molecule has 15 nitrogen and oxygen atoms in total. The van der Waals surface area contributed by atoms with Crippen molar-refractivity contribution in [1.82, 2.24) is 0 Å². The number of ether oxygens (including phenoxy) is 6. The lowest BCUT2D eigenvalue weighted by Crippen LogP contribution is -2.61. The minimum Gasteiger partial charge on any atom is -0.462 e. The second kappa shape index (κ2) is 31.4. The summed E-state index contributed by atoms with van der Waals surface area (Å²) >= 11 is 0. The van der Waals surface area contributed by atoms with E-state index >= 15 is 0 Å². The molecule has 2 rings (SSSR count). The third-order valence-electron chi connectivity index (χ3n) is 9.80. The standard InChI is InChI=1S/C43H72O15/c1-3-5-7-9-11-13-14-15-16-18-20-22-24-26-35(46)56-31(28-53-34(45)25-23-21-19-17-12-10-8-6-4-2)29-54-42-41(52)39(50)37(48)33(58-42)30-55-43-40(51)38(49)36(47)32(27-44)57-43/h6,8,12,15-17,20,22,31-33,36-44,47-52H,3-5,7,9-11,13-14,18-19,21,23-30H2,1-2H3/b8-6+,16-15+,17-12+,22-20+/t31?,32-,33-,36+,37+,38?,39?,40?,41?,42-,43-/m1/s1. The largest absolute Gasteiger partial charge is 0.462 e. The summed E-state index contributed by atoms with van der Waals surface area (Å²) in [4.78, 5) is 25.4. The highest BCUT2D eigenvalue weighted by Gasteiger charge is 2.47. The number of unbranched alkanes of at least 4 members (excludes halogenated alkanes) is 8. The molecule has 2 aliphatic heterocycles. The van der Waals surface area contributed by atoms with Gasteiger partial charge in [0.15, 0.2) is 18.7 Å². The van der Waals surface area contributed by atoms with Crippen LogP contribution in [0.25, 0.3) is 0 Å². The Morgan fingerprint density at radius 3 is 1.76 bits per heavy atom. The number of hydrogen-bond donors (Lipinski definition) is 7. The molecule has 58 heavy (non-hydrogen) atoms. The fourth-order valence-corrected chi connectivity index (χ4v) is 6.25. The van der Waals surface area contributed by atoms with Crippen molar-refractivity contribution in [3.8, 4) is 0 Å². The summed E-state index contributed by atoms with van der Waals surface area (Å²) in [7, 11) is 0. The van der Waals surface area contributed by atoms with E-state index in [1.165, 1.54) is 38.5 Å². The maximum Gasteiger partial charge on any atom is 0.306 e. The number of aliphatic hydroxyl groups excluding tert-OH is 7. The lowest BCUT2D eigenvalue weighted by molar-refractivity contribution is -0.332. The van der Waals surface area contributed by atoms with E-state index in [0.717, 1.165) is 38.5 Å². The summed E-state index contributed by atoms with van der Waals surface area (Å²) in [6.45, 7) is 2.30. The van der Waals surface area contributed by atoms with E-state index in [1.807, 2.05) is 12.2 Å². The van der Waals surface area contributed by atoms with Gasteiger partial charge in [0.25, 0.3) is 0 Å². The van der Waals surface area contributed by atoms with E-state index in [-0.39, 0.29) is 19.4 Å². The van der Waals surface area contributed by atoms with Crippen LogP contribution in [0.15, 0.2) is 48.6 Å². The molecule has 2 heterocycles. The summed E-state index contributed by atoms with van der Waals surface area (Å²) in [5.74, 6) is -1.05. The summed E-state index contributed by atoms with van der Waals surface area (Å²) in [5.41, 5.74) is 0. The molecule has 0 spiro atoms. The molecule has 0 aliphatic carbocycles. The van der Waals surface area contributed by atoms with Gasteiger partial charge >= 0.3 is 11.9 Å². The average Bonchev–Trinajstić information content (AvgIpc) is 3.21. The Bertz CT molecular complexity index is 1210. The van der Waals surface area contributed by atoms with Crippen LogP contribution in [0.4, 0.5) is 0 Å². The Kier molecular flexibility index (Phi) is 27.9. The first-order valence-electron chi connectivity index (χ1n) is 21.2. The Labute approximate surface area is 344 Å². The van der Waals surface area contributed by atoms with Gasteiger partial charge in [-0.2, -0.15) is 0 Å². The lowest BCUT2D eigenvalue weighted by Gasteiger charge is -2.42. The molecule has 11 atom stereocenters. The minimum atomic E-state index is -1.78. The van der Waals surface area contributed by atoms with Crippen LogP contribution < -0.4 is 0 Å². The molecular weight excluding hydrogens is 756 g/mol. The van der Waals surface area contributed by atoms with Crippen LogP contribution in [0.1, 0.15) is 117 Å². The van der Waals surface area contributed by atoms with Crippen molar-refractivity contribution in [2.75, 3.05) is 26.4 Å². The molecule has 2 fully saturated rings. The molecule has 0 radical (unpaired) electrons. The van der Waals surface area contributed by atoms with Crippen LogP contribution in [0, 0.1) is 0 Å². The van der Waals surface area contributed by atoms with Crippen molar-refractivity contribution in [2.24, 2.45) is 0 Å². The van der Waals surface area contributed by atoms with Crippen molar-refractivity contribution in [1.29, 1.82) is 0 Å². The normalized spacial score (nSPS) is 28.6. The first-order valence-corrected chi connectivity index (χ1v) is 21.2. The number of rotatable bonds is 30. The van der Waals surface area contributed by atoms with Gasteiger partial charge in [-0.25, -0.2) is 0 Å². The molecule has 0 aromatic rings. The van der Waals surface area contributed by atoms with Crippen LogP contribution in [-0.2, 0) is 38.0 Å². The molecule has 0 aromatic heterocycles. The highest BCUT2D eigenvalue weighted by atomic mass is 16.7. The van der Waals surface area contributed by atoms with Gasteiger partial charge in [-0.15, -0.1) is 0 Å². The molecule has 334 valence electrons. The maximum atomic E-state index is 12.8. The quantitative estimate of drug-likeness (QED) is 0.0312. The number of esters is 2. The van der Waals surface area contributed by atoms with Crippen LogP contribution in [0.3, 0.4) is 0 Å². The molecule has 0 saturated carbocycles. The maximum absolute atomic E-state index is 12.8. The molecule has 15 heteroatoms. The first kappa shape index (κ1) is 51.6. The molecule has 0 aromatic carbocycles. The van der Waals surface area contributed by atoms with E-state index in [2.05, 4.69) is 50.3 Å². The predicted octanol–water partition coefficient (Wildman–Crippen LogP) is 3.59. The Morgan fingerprint density at radius 1 is 0.569 bits per heavy atom. The second-order valence-corrected chi connectivity index (χ2v) is 14.8. The Balaban J connectivity index is 1.92. The summed E-state index contributed by atoms with van der Waals surface area (Å²) in [6.07, 6.45) is 13.5. The van der Waals surface area contributed by atoms with E-state index in [0.29, 0.717) is 12.8 Å². The van der Waals surface area contributed by atoms with E-state index < -0.39 is 99.3 Å². The first-order chi connectivity index (χ1) is 28.0. The van der Waals surface area contributed by atoms with Gasteiger partial charge < -0.3 is 64.2 Å². The highest BCUT2D eigenvalue weighted by Crippen LogP contribution is 2.26. The number of carbonyl (C=O) groups is 2.